The zero-order valence-electron chi connectivity index (χ0n) is 18.9. The van der Waals surface area contributed by atoms with Crippen molar-refractivity contribution in [3.8, 4) is 11.5 Å². The van der Waals surface area contributed by atoms with Gasteiger partial charge in [0.1, 0.15) is 11.5 Å². The average molecular weight is 449 g/mol. The van der Waals surface area contributed by atoms with Crippen LogP contribution in [0.25, 0.3) is 0 Å². The number of ether oxygens (including phenoxy) is 2. The molecule has 2 aromatic carbocycles. The zero-order valence-corrected chi connectivity index (χ0v) is 19.7. The maximum Gasteiger partial charge on any atom is 0.243 e. The Balaban J connectivity index is 2.13. The second-order valence-electron chi connectivity index (χ2n) is 7.10. The molecule has 0 bridgehead atoms. The highest BCUT2D eigenvalue weighted by Gasteiger charge is 2.23. The van der Waals surface area contributed by atoms with Crippen LogP contribution < -0.4 is 14.8 Å². The van der Waals surface area contributed by atoms with E-state index in [1.807, 2.05) is 39.0 Å². The van der Waals surface area contributed by atoms with Crippen LogP contribution in [0.1, 0.15) is 38.3 Å². The molecule has 0 atom stereocenters. The van der Waals surface area contributed by atoms with Gasteiger partial charge in [0.2, 0.25) is 15.9 Å². The van der Waals surface area contributed by atoms with E-state index in [1.165, 1.54) is 16.4 Å². The SMILES string of the molecule is CCOc1ccc(S(=O)(=O)N(CC)CC)cc1NC(=O)CCOc1ccc(C)cc1C. The molecule has 0 heterocycles. The van der Waals surface area contributed by atoms with Crippen molar-refractivity contribution in [1.82, 2.24) is 4.31 Å². The number of rotatable bonds is 11. The van der Waals surface area contributed by atoms with Gasteiger partial charge in [-0.2, -0.15) is 4.31 Å². The quantitative estimate of drug-likeness (QED) is 0.558. The van der Waals surface area contributed by atoms with Crippen LogP contribution in [0.4, 0.5) is 5.69 Å². The number of hydrogen-bond acceptors (Lipinski definition) is 5. The number of nitrogens with zero attached hydrogens (tertiary/aromatic N) is 1. The van der Waals surface area contributed by atoms with Gasteiger partial charge in [-0.3, -0.25) is 4.79 Å². The summed E-state index contributed by atoms with van der Waals surface area (Å²) in [6.45, 7) is 10.7. The highest BCUT2D eigenvalue weighted by Crippen LogP contribution is 2.29. The van der Waals surface area contributed by atoms with E-state index < -0.39 is 10.0 Å². The molecule has 1 amide bonds. The van der Waals surface area contributed by atoms with Crippen LogP contribution in [-0.4, -0.2) is 44.9 Å². The molecule has 7 nitrogen and oxygen atoms in total. The summed E-state index contributed by atoms with van der Waals surface area (Å²) in [6, 6.07) is 10.4. The maximum absolute atomic E-state index is 12.8. The number of sulfonamides is 1. The van der Waals surface area contributed by atoms with E-state index in [4.69, 9.17) is 9.47 Å². The van der Waals surface area contributed by atoms with Crippen molar-refractivity contribution in [2.45, 2.75) is 45.9 Å². The molecule has 0 fully saturated rings. The van der Waals surface area contributed by atoms with Crippen molar-refractivity contribution in [3.05, 3.63) is 47.5 Å². The molecule has 0 aliphatic heterocycles. The van der Waals surface area contributed by atoms with E-state index in [0.29, 0.717) is 31.1 Å². The number of carbonyl (C=O) groups excluding carboxylic acids is 1. The number of nitrogens with one attached hydrogen (secondary N) is 1. The number of hydrogen-bond donors (Lipinski definition) is 1. The van der Waals surface area contributed by atoms with Gasteiger partial charge in [0.25, 0.3) is 0 Å². The van der Waals surface area contributed by atoms with E-state index in [1.54, 1.807) is 19.9 Å². The molecular weight excluding hydrogens is 416 g/mol. The van der Waals surface area contributed by atoms with Gasteiger partial charge in [0.05, 0.1) is 30.2 Å². The van der Waals surface area contributed by atoms with Crippen molar-refractivity contribution in [2.75, 3.05) is 31.6 Å². The first kappa shape index (κ1) is 24.7. The molecule has 170 valence electrons. The molecule has 0 saturated heterocycles. The summed E-state index contributed by atoms with van der Waals surface area (Å²) in [5, 5.41) is 2.77. The Kier molecular flexibility index (Phi) is 8.88. The van der Waals surface area contributed by atoms with Gasteiger partial charge in [-0.15, -0.1) is 0 Å². The molecule has 2 aromatic rings. The summed E-state index contributed by atoms with van der Waals surface area (Å²) >= 11 is 0. The largest absolute Gasteiger partial charge is 0.493 e. The van der Waals surface area contributed by atoms with Crippen molar-refractivity contribution < 1.29 is 22.7 Å². The Labute approximate surface area is 185 Å². The van der Waals surface area contributed by atoms with Crippen molar-refractivity contribution in [2.24, 2.45) is 0 Å². The lowest BCUT2D eigenvalue weighted by Gasteiger charge is -2.20. The Morgan fingerprint density at radius 2 is 1.65 bits per heavy atom. The van der Waals surface area contributed by atoms with Crippen molar-refractivity contribution >= 4 is 21.6 Å². The highest BCUT2D eigenvalue weighted by molar-refractivity contribution is 7.89. The third-order valence-electron chi connectivity index (χ3n) is 4.79. The predicted octanol–water partition coefficient (Wildman–Crippen LogP) is 4.14. The van der Waals surface area contributed by atoms with E-state index in [-0.39, 0.29) is 23.8 Å². The molecule has 31 heavy (non-hydrogen) atoms. The van der Waals surface area contributed by atoms with Gasteiger partial charge in [-0.05, 0) is 50.6 Å². The number of carbonyl (C=O) groups is 1. The Morgan fingerprint density at radius 3 is 2.26 bits per heavy atom. The van der Waals surface area contributed by atoms with Crippen LogP contribution >= 0.6 is 0 Å². The van der Waals surface area contributed by atoms with Gasteiger partial charge < -0.3 is 14.8 Å². The van der Waals surface area contributed by atoms with Gasteiger partial charge in [0, 0.05) is 13.1 Å². The fraction of sp³-hybridized carbons (Fsp3) is 0.435. The van der Waals surface area contributed by atoms with Crippen LogP contribution in [0.3, 0.4) is 0 Å². The molecular formula is C23H32N2O5S. The van der Waals surface area contributed by atoms with Crippen LogP contribution in [-0.2, 0) is 14.8 Å². The monoisotopic (exact) mass is 448 g/mol. The molecule has 0 spiro atoms. The Morgan fingerprint density at radius 1 is 0.968 bits per heavy atom. The average Bonchev–Trinajstić information content (AvgIpc) is 2.71. The summed E-state index contributed by atoms with van der Waals surface area (Å²) in [5.41, 5.74) is 2.48. The van der Waals surface area contributed by atoms with Gasteiger partial charge in [0.15, 0.2) is 0 Å². The van der Waals surface area contributed by atoms with E-state index in [0.717, 1.165) is 16.9 Å². The summed E-state index contributed by atoms with van der Waals surface area (Å²) in [6.07, 6.45) is 0.117. The normalized spacial score (nSPS) is 11.4. The molecule has 2 rings (SSSR count). The fourth-order valence-electron chi connectivity index (χ4n) is 3.19. The first-order valence-electron chi connectivity index (χ1n) is 10.5. The second kappa shape index (κ2) is 11.2. The first-order chi connectivity index (χ1) is 14.7. The second-order valence-corrected chi connectivity index (χ2v) is 9.03. The molecule has 0 unspecified atom stereocenters. The number of anilines is 1. The summed E-state index contributed by atoms with van der Waals surface area (Å²) in [5.74, 6) is 0.869. The summed E-state index contributed by atoms with van der Waals surface area (Å²) in [4.78, 5) is 12.6. The van der Waals surface area contributed by atoms with Crippen LogP contribution in [0.5, 0.6) is 11.5 Å². The summed E-state index contributed by atoms with van der Waals surface area (Å²) in [7, 11) is -3.65. The smallest absolute Gasteiger partial charge is 0.243 e. The molecule has 0 aliphatic rings. The minimum Gasteiger partial charge on any atom is -0.493 e. The molecule has 8 heteroatoms. The van der Waals surface area contributed by atoms with Crippen LogP contribution in [0.2, 0.25) is 0 Å². The maximum atomic E-state index is 12.8. The molecule has 1 N–H and O–H groups in total. The highest BCUT2D eigenvalue weighted by atomic mass is 32.2. The predicted molar refractivity (Wildman–Crippen MR) is 122 cm³/mol. The lowest BCUT2D eigenvalue weighted by atomic mass is 10.1. The van der Waals surface area contributed by atoms with E-state index in [9.17, 15) is 13.2 Å². The number of amides is 1. The molecule has 0 saturated carbocycles. The van der Waals surface area contributed by atoms with Crippen molar-refractivity contribution in [1.29, 1.82) is 0 Å². The lowest BCUT2D eigenvalue weighted by molar-refractivity contribution is -0.116. The molecule has 0 aliphatic carbocycles. The first-order valence-corrected chi connectivity index (χ1v) is 11.9. The van der Waals surface area contributed by atoms with E-state index in [2.05, 4.69) is 5.32 Å². The Bertz CT molecular complexity index is 1000. The third kappa shape index (κ3) is 6.45. The van der Waals surface area contributed by atoms with Crippen molar-refractivity contribution in [3.63, 3.8) is 0 Å². The molecule has 0 aromatic heterocycles. The standard InChI is InChI=1S/C23H32N2O5S/c1-6-25(7-2)31(27,28)19-10-12-22(29-8-3)20(16-19)24-23(26)13-14-30-21-11-9-17(4)15-18(21)5/h9-12,15-16H,6-8,13-14H2,1-5H3,(H,24,26). The topological polar surface area (TPSA) is 84.9 Å². The third-order valence-corrected chi connectivity index (χ3v) is 6.83. The number of aryl methyl sites for hydroxylation is 2. The van der Waals surface area contributed by atoms with Crippen LogP contribution in [0, 0.1) is 13.8 Å². The van der Waals surface area contributed by atoms with Gasteiger partial charge in [-0.25, -0.2) is 8.42 Å². The minimum atomic E-state index is -3.65. The Hall–Kier alpha value is -2.58. The number of benzene rings is 2. The van der Waals surface area contributed by atoms with Crippen LogP contribution in [0.15, 0.2) is 41.3 Å². The summed E-state index contributed by atoms with van der Waals surface area (Å²) < 4.78 is 38.3. The zero-order chi connectivity index (χ0) is 23.0. The fourth-order valence-corrected chi connectivity index (χ4v) is 4.67. The van der Waals surface area contributed by atoms with Gasteiger partial charge >= 0.3 is 0 Å². The van der Waals surface area contributed by atoms with Gasteiger partial charge in [-0.1, -0.05) is 31.5 Å². The molecule has 0 radical (unpaired) electrons. The minimum absolute atomic E-state index is 0.112. The van der Waals surface area contributed by atoms with E-state index >= 15 is 0 Å². The lowest BCUT2D eigenvalue weighted by Crippen LogP contribution is -2.30.